The Morgan fingerprint density at radius 3 is 2.76 bits per heavy atom. The molecule has 1 N–H and O–H groups in total. The molecular formula is C20H28N2O3. The summed E-state index contributed by atoms with van der Waals surface area (Å²) < 4.78 is 7.80. The van der Waals surface area contributed by atoms with Crippen LogP contribution in [-0.2, 0) is 17.8 Å². The van der Waals surface area contributed by atoms with Gasteiger partial charge in [0.25, 0.3) is 0 Å². The van der Waals surface area contributed by atoms with Crippen molar-refractivity contribution in [3.8, 4) is 5.75 Å². The van der Waals surface area contributed by atoms with Gasteiger partial charge in [-0.15, -0.1) is 0 Å². The third-order valence-corrected chi connectivity index (χ3v) is 5.37. The minimum Gasteiger partial charge on any atom is -0.496 e. The Morgan fingerprint density at radius 1 is 1.36 bits per heavy atom. The van der Waals surface area contributed by atoms with Crippen molar-refractivity contribution in [1.29, 1.82) is 0 Å². The van der Waals surface area contributed by atoms with Crippen molar-refractivity contribution in [3.63, 3.8) is 0 Å². The zero-order chi connectivity index (χ0) is 18.0. The van der Waals surface area contributed by atoms with Gasteiger partial charge in [-0.1, -0.05) is 6.07 Å². The number of ether oxygens (including phenoxy) is 1. The predicted octanol–water partition coefficient (Wildman–Crippen LogP) is 2.93. The van der Waals surface area contributed by atoms with Crippen molar-refractivity contribution in [1.82, 2.24) is 9.47 Å². The lowest BCUT2D eigenvalue weighted by molar-refractivity contribution is -0.132. The second kappa shape index (κ2) is 7.48. The van der Waals surface area contributed by atoms with E-state index in [1.54, 1.807) is 7.11 Å². The third kappa shape index (κ3) is 2.91. The number of nitrogens with zero attached hydrogens (tertiary/aromatic N) is 2. The minimum atomic E-state index is -0.123. The van der Waals surface area contributed by atoms with Gasteiger partial charge in [0.2, 0.25) is 5.91 Å². The molecule has 5 heteroatoms. The predicted molar refractivity (Wildman–Crippen MR) is 99.2 cm³/mol. The number of rotatable bonds is 6. The number of carbonyl (C=O) groups is 1. The van der Waals surface area contributed by atoms with Gasteiger partial charge in [0.15, 0.2) is 0 Å². The summed E-state index contributed by atoms with van der Waals surface area (Å²) in [6, 6.07) is 5.99. The number of carbonyl (C=O) groups excluding carboxylic acids is 1. The van der Waals surface area contributed by atoms with Crippen molar-refractivity contribution in [3.05, 3.63) is 29.5 Å². The molecular weight excluding hydrogens is 316 g/mol. The van der Waals surface area contributed by atoms with E-state index in [0.29, 0.717) is 6.54 Å². The molecule has 5 nitrogen and oxygen atoms in total. The molecule has 0 aliphatic heterocycles. The highest BCUT2D eigenvalue weighted by atomic mass is 16.5. The van der Waals surface area contributed by atoms with Crippen LogP contribution in [0.1, 0.15) is 43.9 Å². The van der Waals surface area contributed by atoms with Crippen LogP contribution in [0.4, 0.5) is 0 Å². The van der Waals surface area contributed by atoms with Crippen LogP contribution < -0.4 is 4.74 Å². The molecule has 1 aliphatic rings. The summed E-state index contributed by atoms with van der Waals surface area (Å²) in [5.74, 6) is 0.895. The van der Waals surface area contributed by atoms with E-state index in [2.05, 4.69) is 10.6 Å². The number of hydrogen-bond acceptors (Lipinski definition) is 3. The van der Waals surface area contributed by atoms with Crippen molar-refractivity contribution < 1.29 is 14.6 Å². The lowest BCUT2D eigenvalue weighted by Gasteiger charge is -2.29. The summed E-state index contributed by atoms with van der Waals surface area (Å²) in [7, 11) is 1.68. The number of benzene rings is 1. The van der Waals surface area contributed by atoms with Gasteiger partial charge in [0, 0.05) is 30.7 Å². The fourth-order valence-corrected chi connectivity index (χ4v) is 4.24. The van der Waals surface area contributed by atoms with Crippen LogP contribution >= 0.6 is 0 Å². The molecule has 0 radical (unpaired) electrons. The second-order valence-electron chi connectivity index (χ2n) is 6.55. The Labute approximate surface area is 149 Å². The van der Waals surface area contributed by atoms with Gasteiger partial charge in [-0.25, -0.2) is 0 Å². The highest BCUT2D eigenvalue weighted by Gasteiger charge is 2.34. The fourth-order valence-electron chi connectivity index (χ4n) is 4.24. The average Bonchev–Trinajstić information content (AvgIpc) is 2.97. The molecule has 2 aromatic rings. The number of fused-ring (bicyclic) bond motifs is 3. The quantitative estimate of drug-likeness (QED) is 0.877. The van der Waals surface area contributed by atoms with Crippen LogP contribution in [0.3, 0.4) is 0 Å². The molecule has 136 valence electrons. The first-order chi connectivity index (χ1) is 12.2. The Hall–Kier alpha value is -2.01. The number of aromatic nitrogens is 1. The third-order valence-electron chi connectivity index (χ3n) is 5.37. The van der Waals surface area contributed by atoms with Crippen LogP contribution in [0.2, 0.25) is 0 Å². The molecule has 0 saturated carbocycles. The SMILES string of the molecule is CCN(CC)C(=O)[C@H]1CCCc2c1c1c(OC)cccc1n2CCO. The van der Waals surface area contributed by atoms with Gasteiger partial charge in [0.1, 0.15) is 5.75 Å². The summed E-state index contributed by atoms with van der Waals surface area (Å²) in [5, 5.41) is 10.6. The van der Waals surface area contributed by atoms with Gasteiger partial charge in [0.05, 0.1) is 25.2 Å². The molecule has 1 aromatic carbocycles. The summed E-state index contributed by atoms with van der Waals surface area (Å²) >= 11 is 0. The first-order valence-electron chi connectivity index (χ1n) is 9.25. The van der Waals surface area contributed by atoms with E-state index < -0.39 is 0 Å². The molecule has 1 heterocycles. The number of aliphatic hydroxyl groups excluding tert-OH is 1. The van der Waals surface area contributed by atoms with Gasteiger partial charge in [-0.05, 0) is 50.8 Å². The lowest BCUT2D eigenvalue weighted by atomic mass is 9.84. The van der Waals surface area contributed by atoms with Crippen LogP contribution in [0.5, 0.6) is 5.75 Å². The Bertz CT molecular complexity index is 762. The Balaban J connectivity index is 2.23. The van der Waals surface area contributed by atoms with Gasteiger partial charge in [-0.2, -0.15) is 0 Å². The summed E-state index contributed by atoms with van der Waals surface area (Å²) in [6.45, 7) is 6.15. The minimum absolute atomic E-state index is 0.0854. The first kappa shape index (κ1) is 17.8. The fraction of sp³-hybridized carbons (Fsp3) is 0.550. The van der Waals surface area contributed by atoms with Crippen LogP contribution in [0, 0.1) is 0 Å². The van der Waals surface area contributed by atoms with Crippen molar-refractivity contribution in [2.45, 2.75) is 45.6 Å². The topological polar surface area (TPSA) is 54.7 Å². The van der Waals surface area contributed by atoms with Crippen LogP contribution in [0.15, 0.2) is 18.2 Å². The summed E-state index contributed by atoms with van der Waals surface area (Å²) in [6.07, 6.45) is 2.81. The number of aliphatic hydroxyl groups is 1. The smallest absolute Gasteiger partial charge is 0.230 e. The molecule has 0 spiro atoms. The Morgan fingerprint density at radius 2 is 2.12 bits per heavy atom. The largest absolute Gasteiger partial charge is 0.496 e. The second-order valence-corrected chi connectivity index (χ2v) is 6.55. The van der Waals surface area contributed by atoms with Crippen molar-refractivity contribution >= 4 is 16.8 Å². The molecule has 0 bridgehead atoms. The van der Waals surface area contributed by atoms with Crippen molar-refractivity contribution in [2.24, 2.45) is 0 Å². The molecule has 0 saturated heterocycles. The number of methoxy groups -OCH3 is 1. The molecule has 1 amide bonds. The van der Waals surface area contributed by atoms with Gasteiger partial charge < -0.3 is 19.3 Å². The number of amides is 1. The van der Waals surface area contributed by atoms with Gasteiger partial charge >= 0.3 is 0 Å². The molecule has 0 unspecified atom stereocenters. The molecule has 1 aliphatic carbocycles. The molecule has 25 heavy (non-hydrogen) atoms. The summed E-state index contributed by atoms with van der Waals surface area (Å²) in [5.41, 5.74) is 3.35. The van der Waals surface area contributed by atoms with Crippen LogP contribution in [0.25, 0.3) is 10.9 Å². The highest BCUT2D eigenvalue weighted by Crippen LogP contribution is 2.43. The zero-order valence-electron chi connectivity index (χ0n) is 15.4. The average molecular weight is 344 g/mol. The molecule has 3 rings (SSSR count). The maximum absolute atomic E-state index is 13.2. The van der Waals surface area contributed by atoms with E-state index in [9.17, 15) is 9.90 Å². The maximum atomic E-state index is 13.2. The zero-order valence-corrected chi connectivity index (χ0v) is 15.4. The monoisotopic (exact) mass is 344 g/mol. The van der Waals surface area contributed by atoms with E-state index in [1.165, 1.54) is 5.69 Å². The van der Waals surface area contributed by atoms with E-state index >= 15 is 0 Å². The normalized spacial score (nSPS) is 16.7. The van der Waals surface area contributed by atoms with Gasteiger partial charge in [-0.3, -0.25) is 4.79 Å². The van der Waals surface area contributed by atoms with Crippen molar-refractivity contribution in [2.75, 3.05) is 26.8 Å². The molecule has 1 aromatic heterocycles. The number of hydrogen-bond donors (Lipinski definition) is 1. The van der Waals surface area contributed by atoms with E-state index in [-0.39, 0.29) is 18.4 Å². The summed E-state index contributed by atoms with van der Waals surface area (Å²) in [4.78, 5) is 15.1. The van der Waals surface area contributed by atoms with E-state index in [1.807, 2.05) is 30.9 Å². The van der Waals surface area contributed by atoms with E-state index in [0.717, 1.165) is 54.6 Å². The van der Waals surface area contributed by atoms with E-state index in [4.69, 9.17) is 4.74 Å². The van der Waals surface area contributed by atoms with Crippen LogP contribution in [-0.4, -0.2) is 47.3 Å². The lowest BCUT2D eigenvalue weighted by Crippen LogP contribution is -2.36. The molecule has 0 fully saturated rings. The standard InChI is InChI=1S/C20H28N2O3/c1-4-21(5-2)20(24)14-8-6-9-15-18(14)19-16(22(15)12-13-23)10-7-11-17(19)25-3/h7,10-11,14,23H,4-6,8-9,12-13H2,1-3H3/t14-/m0/s1. The first-order valence-corrected chi connectivity index (χ1v) is 9.25. The molecule has 1 atom stereocenters. The number of likely N-dealkylation sites (N-methyl/N-ethyl adjacent to an activating group) is 1. The Kier molecular flexibility index (Phi) is 5.33. The highest BCUT2D eigenvalue weighted by molar-refractivity contribution is 5.97. The maximum Gasteiger partial charge on any atom is 0.230 e.